The highest BCUT2D eigenvalue weighted by Gasteiger charge is 2.25. The van der Waals surface area contributed by atoms with Crippen LogP contribution in [0.2, 0.25) is 0 Å². The van der Waals surface area contributed by atoms with Crippen LogP contribution in [0.1, 0.15) is 35.6 Å². The number of fused-ring (bicyclic) bond motifs is 1. The molecule has 0 spiro atoms. The van der Waals surface area contributed by atoms with Crippen LogP contribution in [0.5, 0.6) is 0 Å². The van der Waals surface area contributed by atoms with Crippen LogP contribution in [-0.4, -0.2) is 37.9 Å². The molecule has 2 N–H and O–H groups in total. The van der Waals surface area contributed by atoms with Gasteiger partial charge in [0.2, 0.25) is 5.95 Å². The van der Waals surface area contributed by atoms with Crippen LogP contribution in [0.3, 0.4) is 0 Å². The maximum Gasteiger partial charge on any atom is 0.277 e. The van der Waals surface area contributed by atoms with Crippen LogP contribution in [-0.2, 0) is 17.6 Å². The summed E-state index contributed by atoms with van der Waals surface area (Å²) in [5.74, 6) is 0.401. The summed E-state index contributed by atoms with van der Waals surface area (Å²) in [6.45, 7) is 1.37. The summed E-state index contributed by atoms with van der Waals surface area (Å²) in [6.07, 6.45) is 4.63. The lowest BCUT2D eigenvalue weighted by Gasteiger charge is -2.21. The lowest BCUT2D eigenvalue weighted by molar-refractivity contribution is 0.0842. The second-order valence-corrected chi connectivity index (χ2v) is 7.59. The van der Waals surface area contributed by atoms with E-state index in [0.717, 1.165) is 35.2 Å². The molecule has 1 fully saturated rings. The summed E-state index contributed by atoms with van der Waals surface area (Å²) in [5, 5.41) is 3.31. The number of H-pyrrole nitrogens is 2. The lowest BCUT2D eigenvalue weighted by Crippen LogP contribution is -2.19. The monoisotopic (exact) mass is 407 g/mol. The predicted molar refractivity (Wildman–Crippen MR) is 110 cm³/mol. The summed E-state index contributed by atoms with van der Waals surface area (Å²) in [4.78, 5) is 25.2. The lowest BCUT2D eigenvalue weighted by atomic mass is 9.92. The van der Waals surface area contributed by atoms with Gasteiger partial charge in [-0.2, -0.15) is 9.67 Å². The number of benzene rings is 1. The third-order valence-corrected chi connectivity index (χ3v) is 5.68. The van der Waals surface area contributed by atoms with Crippen molar-refractivity contribution in [2.75, 3.05) is 13.2 Å². The van der Waals surface area contributed by atoms with E-state index in [1.165, 1.54) is 16.8 Å². The fourth-order valence-electron chi connectivity index (χ4n) is 4.06. The van der Waals surface area contributed by atoms with E-state index >= 15 is 0 Å². The van der Waals surface area contributed by atoms with Crippen LogP contribution in [0.4, 0.5) is 4.39 Å². The molecule has 0 atom stereocenters. The van der Waals surface area contributed by atoms with Crippen LogP contribution in [0, 0.1) is 5.82 Å². The maximum absolute atomic E-state index is 13.3. The minimum atomic E-state index is -0.260. The van der Waals surface area contributed by atoms with Gasteiger partial charge in [-0.1, -0.05) is 12.1 Å². The first kappa shape index (κ1) is 18.7. The number of aromatic nitrogens is 5. The second-order valence-electron chi connectivity index (χ2n) is 7.59. The average Bonchev–Trinajstić information content (AvgIpc) is 3.35. The van der Waals surface area contributed by atoms with Gasteiger partial charge in [0, 0.05) is 36.6 Å². The van der Waals surface area contributed by atoms with E-state index in [-0.39, 0.29) is 17.3 Å². The Labute approximate surface area is 171 Å². The summed E-state index contributed by atoms with van der Waals surface area (Å²) in [6, 6.07) is 10.1. The zero-order chi connectivity index (χ0) is 20.5. The van der Waals surface area contributed by atoms with Crippen molar-refractivity contribution >= 4 is 11.2 Å². The maximum atomic E-state index is 13.3. The largest absolute Gasteiger partial charge is 0.381 e. The Morgan fingerprint density at radius 3 is 2.70 bits per heavy atom. The number of halogens is 1. The van der Waals surface area contributed by atoms with E-state index in [1.54, 1.807) is 18.3 Å². The van der Waals surface area contributed by atoms with Gasteiger partial charge in [-0.15, -0.1) is 0 Å². The molecule has 154 valence electrons. The summed E-state index contributed by atoms with van der Waals surface area (Å²) in [7, 11) is 0. The zero-order valence-electron chi connectivity index (χ0n) is 16.4. The first-order valence-corrected chi connectivity index (χ1v) is 10.2. The van der Waals surface area contributed by atoms with Crippen LogP contribution in [0.15, 0.2) is 47.4 Å². The molecule has 8 heteroatoms. The van der Waals surface area contributed by atoms with Crippen LogP contribution < -0.4 is 5.56 Å². The Kier molecular flexibility index (Phi) is 4.92. The van der Waals surface area contributed by atoms with Crippen molar-refractivity contribution in [2.24, 2.45) is 0 Å². The fraction of sp³-hybridized carbons (Fsp3) is 0.318. The molecule has 1 aliphatic rings. The number of hydrogen-bond donors (Lipinski definition) is 2. The van der Waals surface area contributed by atoms with Gasteiger partial charge in [0.25, 0.3) is 5.56 Å². The fourth-order valence-corrected chi connectivity index (χ4v) is 4.06. The average molecular weight is 407 g/mol. The molecule has 0 aliphatic carbocycles. The summed E-state index contributed by atoms with van der Waals surface area (Å²) < 4.78 is 20.2. The number of ether oxygens (including phenoxy) is 1. The third-order valence-electron chi connectivity index (χ3n) is 5.68. The third kappa shape index (κ3) is 3.54. The molecule has 0 unspecified atom stereocenters. The van der Waals surface area contributed by atoms with Gasteiger partial charge >= 0.3 is 0 Å². The molecule has 30 heavy (non-hydrogen) atoms. The number of pyridine rings is 1. The molecule has 3 aromatic heterocycles. The number of nitrogens with zero attached hydrogens (tertiary/aromatic N) is 3. The van der Waals surface area contributed by atoms with Gasteiger partial charge in [-0.3, -0.25) is 9.89 Å². The number of hydrogen-bond acceptors (Lipinski definition) is 4. The molecular weight excluding hydrogens is 385 g/mol. The van der Waals surface area contributed by atoms with E-state index in [9.17, 15) is 9.18 Å². The first-order chi connectivity index (χ1) is 14.7. The van der Waals surface area contributed by atoms with Crippen molar-refractivity contribution in [1.29, 1.82) is 0 Å². The van der Waals surface area contributed by atoms with Crippen molar-refractivity contribution in [2.45, 2.75) is 31.6 Å². The van der Waals surface area contributed by atoms with E-state index < -0.39 is 0 Å². The smallest absolute Gasteiger partial charge is 0.277 e. The Hall–Kier alpha value is -3.26. The summed E-state index contributed by atoms with van der Waals surface area (Å²) >= 11 is 0. The molecule has 0 radical (unpaired) electrons. The molecule has 4 aromatic rings. The van der Waals surface area contributed by atoms with E-state index in [0.29, 0.717) is 37.7 Å². The SMILES string of the molecule is O=c1c(CCc2ccc(F)cc2)c(C2CCOCC2)[nH]n1-c1nc2ncccc2[nH]1. The molecule has 5 rings (SSSR count). The Morgan fingerprint density at radius 2 is 1.93 bits per heavy atom. The predicted octanol–water partition coefficient (Wildman–Crippen LogP) is 3.26. The van der Waals surface area contributed by atoms with Gasteiger partial charge in [-0.25, -0.2) is 9.37 Å². The van der Waals surface area contributed by atoms with Crippen LogP contribution in [0.25, 0.3) is 17.1 Å². The number of nitrogens with one attached hydrogen (secondary N) is 2. The molecule has 7 nitrogen and oxygen atoms in total. The standard InChI is InChI=1S/C22H22FN5O2/c23-16-6-3-14(4-7-16)5-8-17-19(15-9-12-30-13-10-15)27-28(21(17)29)22-25-18-2-1-11-24-20(18)26-22/h1-4,6-7,11,15,27H,5,8-10,12-13H2,(H,24,25,26). The van der Waals surface area contributed by atoms with Crippen LogP contribution >= 0.6 is 0 Å². The Bertz CT molecular complexity index is 1190. The van der Waals surface area contributed by atoms with E-state index in [4.69, 9.17) is 4.74 Å². The topological polar surface area (TPSA) is 88.6 Å². The van der Waals surface area contributed by atoms with E-state index in [2.05, 4.69) is 20.1 Å². The van der Waals surface area contributed by atoms with Gasteiger partial charge < -0.3 is 9.72 Å². The molecule has 0 bridgehead atoms. The molecule has 0 saturated carbocycles. The highest BCUT2D eigenvalue weighted by Crippen LogP contribution is 2.28. The van der Waals surface area contributed by atoms with Gasteiger partial charge in [0.1, 0.15) is 5.82 Å². The molecular formula is C22H22FN5O2. The van der Waals surface area contributed by atoms with E-state index in [1.807, 2.05) is 12.1 Å². The Morgan fingerprint density at radius 1 is 1.13 bits per heavy atom. The van der Waals surface area contributed by atoms with Crippen molar-refractivity contribution < 1.29 is 9.13 Å². The van der Waals surface area contributed by atoms with Crippen molar-refractivity contribution in [1.82, 2.24) is 24.7 Å². The van der Waals surface area contributed by atoms with Crippen molar-refractivity contribution in [3.8, 4) is 5.95 Å². The first-order valence-electron chi connectivity index (χ1n) is 10.2. The zero-order valence-corrected chi connectivity index (χ0v) is 16.4. The number of imidazole rings is 1. The molecule has 1 aromatic carbocycles. The van der Waals surface area contributed by atoms with Crippen molar-refractivity contribution in [3.63, 3.8) is 0 Å². The van der Waals surface area contributed by atoms with Gasteiger partial charge in [-0.05, 0) is 55.5 Å². The molecule has 1 aliphatic heterocycles. The normalized spacial score (nSPS) is 15.1. The minimum absolute atomic E-state index is 0.113. The number of rotatable bonds is 5. The number of aryl methyl sites for hydroxylation is 1. The highest BCUT2D eigenvalue weighted by molar-refractivity contribution is 5.71. The molecule has 1 saturated heterocycles. The summed E-state index contributed by atoms with van der Waals surface area (Å²) in [5.41, 5.74) is 3.91. The second kappa shape index (κ2) is 7.87. The van der Waals surface area contributed by atoms with Crippen molar-refractivity contribution in [3.05, 3.63) is 75.6 Å². The molecule has 4 heterocycles. The van der Waals surface area contributed by atoms with Gasteiger partial charge in [0.05, 0.1) is 5.52 Å². The Balaban J connectivity index is 1.53. The van der Waals surface area contributed by atoms with Gasteiger partial charge in [0.15, 0.2) is 5.65 Å². The minimum Gasteiger partial charge on any atom is -0.381 e. The highest BCUT2D eigenvalue weighted by atomic mass is 19.1. The quantitative estimate of drug-likeness (QED) is 0.532. The molecule has 0 amide bonds. The number of aromatic amines is 2.